The number of nitrogens with one attached hydrogen (secondary N) is 1. The quantitative estimate of drug-likeness (QED) is 0.423. The largest absolute Gasteiger partial charge is 0.361 e. The Morgan fingerprint density at radius 1 is 0.636 bits per heavy atom. The number of hydrogen-bond acceptors (Lipinski definition) is 0. The molecule has 5 rings (SSSR count). The second-order valence-corrected chi connectivity index (χ2v) is 5.91. The van der Waals surface area contributed by atoms with Gasteiger partial charge < -0.3 is 4.98 Å². The van der Waals surface area contributed by atoms with E-state index in [-0.39, 0.29) is 0 Å². The Hall–Kier alpha value is -2.80. The van der Waals surface area contributed by atoms with Gasteiger partial charge in [0.25, 0.3) is 0 Å². The van der Waals surface area contributed by atoms with Crippen molar-refractivity contribution in [2.45, 2.75) is 6.42 Å². The molecule has 3 aromatic carbocycles. The van der Waals surface area contributed by atoms with Crippen molar-refractivity contribution in [2.75, 3.05) is 0 Å². The lowest BCUT2D eigenvalue weighted by molar-refractivity contribution is 1.26. The standard InChI is InChI=1S/C21H15N/c1-2-7-16-15(5-1)13-20-17(16)8-4-9-18(20)19-10-3-6-14-11-12-22-21(14)19/h1-12,22H,13H2. The monoisotopic (exact) mass is 281 g/mol. The summed E-state index contributed by atoms with van der Waals surface area (Å²) in [6.45, 7) is 0. The molecule has 22 heavy (non-hydrogen) atoms. The van der Waals surface area contributed by atoms with Gasteiger partial charge in [-0.15, -0.1) is 0 Å². The second kappa shape index (κ2) is 4.35. The highest BCUT2D eigenvalue weighted by molar-refractivity contribution is 5.97. The van der Waals surface area contributed by atoms with Gasteiger partial charge in [0, 0.05) is 11.8 Å². The van der Waals surface area contributed by atoms with Crippen molar-refractivity contribution in [1.82, 2.24) is 4.98 Å². The van der Waals surface area contributed by atoms with E-state index in [4.69, 9.17) is 0 Å². The minimum Gasteiger partial charge on any atom is -0.361 e. The molecular formula is C21H15N. The summed E-state index contributed by atoms with van der Waals surface area (Å²) in [4.78, 5) is 3.40. The van der Waals surface area contributed by atoms with Crippen LogP contribution in [0.1, 0.15) is 11.1 Å². The van der Waals surface area contributed by atoms with Crippen LogP contribution in [0.25, 0.3) is 33.2 Å². The van der Waals surface area contributed by atoms with Gasteiger partial charge in [-0.2, -0.15) is 0 Å². The highest BCUT2D eigenvalue weighted by Crippen LogP contribution is 2.42. The molecule has 0 saturated heterocycles. The summed E-state index contributed by atoms with van der Waals surface area (Å²) in [5, 5.41) is 1.27. The Morgan fingerprint density at radius 2 is 1.36 bits per heavy atom. The Morgan fingerprint density at radius 3 is 2.32 bits per heavy atom. The second-order valence-electron chi connectivity index (χ2n) is 5.91. The van der Waals surface area contributed by atoms with Crippen molar-refractivity contribution in [3.05, 3.63) is 84.1 Å². The lowest BCUT2D eigenvalue weighted by Gasteiger charge is -2.10. The van der Waals surface area contributed by atoms with Crippen LogP contribution in [-0.4, -0.2) is 4.98 Å². The first kappa shape index (κ1) is 11.8. The SMILES string of the molecule is c1ccc2c(c1)Cc1c-2cccc1-c1cccc2cc[nH]c12. The average molecular weight is 281 g/mol. The molecule has 1 nitrogen and oxygen atoms in total. The molecule has 4 aromatic rings. The van der Waals surface area contributed by atoms with Gasteiger partial charge in [-0.3, -0.25) is 0 Å². The van der Waals surface area contributed by atoms with Crippen LogP contribution in [0.4, 0.5) is 0 Å². The average Bonchev–Trinajstić information content (AvgIpc) is 3.18. The Bertz CT molecular complexity index is 1010. The molecule has 1 heterocycles. The first-order chi connectivity index (χ1) is 10.9. The lowest BCUT2D eigenvalue weighted by atomic mass is 9.94. The molecule has 1 N–H and O–H groups in total. The van der Waals surface area contributed by atoms with Gasteiger partial charge in [0.05, 0.1) is 5.52 Å². The maximum atomic E-state index is 3.40. The van der Waals surface area contributed by atoms with E-state index >= 15 is 0 Å². The highest BCUT2D eigenvalue weighted by Gasteiger charge is 2.21. The Kier molecular flexibility index (Phi) is 2.33. The van der Waals surface area contributed by atoms with E-state index in [1.54, 1.807) is 0 Å². The fourth-order valence-electron chi connectivity index (χ4n) is 3.72. The third kappa shape index (κ3) is 1.54. The number of fused-ring (bicyclic) bond motifs is 4. The molecular weight excluding hydrogens is 266 g/mol. The molecule has 0 radical (unpaired) electrons. The normalized spacial score (nSPS) is 12.4. The van der Waals surface area contributed by atoms with Crippen molar-refractivity contribution >= 4 is 10.9 Å². The van der Waals surface area contributed by atoms with E-state index < -0.39 is 0 Å². The molecule has 1 aromatic heterocycles. The molecule has 0 atom stereocenters. The topological polar surface area (TPSA) is 15.8 Å². The third-order valence-corrected chi connectivity index (χ3v) is 4.73. The molecule has 0 fully saturated rings. The first-order valence-electron chi connectivity index (χ1n) is 7.68. The fourth-order valence-corrected chi connectivity index (χ4v) is 3.72. The van der Waals surface area contributed by atoms with Gasteiger partial charge in [0.1, 0.15) is 0 Å². The van der Waals surface area contributed by atoms with Gasteiger partial charge in [-0.25, -0.2) is 0 Å². The summed E-state index contributed by atoms with van der Waals surface area (Å²) < 4.78 is 0. The zero-order chi connectivity index (χ0) is 14.5. The molecule has 1 aliphatic rings. The van der Waals surface area contributed by atoms with E-state index in [1.807, 2.05) is 6.20 Å². The third-order valence-electron chi connectivity index (χ3n) is 4.73. The maximum absolute atomic E-state index is 3.40. The fraction of sp³-hybridized carbons (Fsp3) is 0.0476. The van der Waals surface area contributed by atoms with E-state index in [2.05, 4.69) is 71.7 Å². The molecule has 0 aliphatic heterocycles. The van der Waals surface area contributed by atoms with Crippen molar-refractivity contribution in [3.8, 4) is 22.3 Å². The number of para-hydroxylation sites is 1. The van der Waals surface area contributed by atoms with Crippen molar-refractivity contribution < 1.29 is 0 Å². The van der Waals surface area contributed by atoms with Crippen LogP contribution in [0, 0.1) is 0 Å². The molecule has 0 unspecified atom stereocenters. The van der Waals surface area contributed by atoms with Crippen molar-refractivity contribution in [3.63, 3.8) is 0 Å². The summed E-state index contributed by atoms with van der Waals surface area (Å²) in [6, 6.07) is 24.1. The van der Waals surface area contributed by atoms with Crippen LogP contribution < -0.4 is 0 Å². The molecule has 1 aliphatic carbocycles. The van der Waals surface area contributed by atoms with Gasteiger partial charge in [-0.05, 0) is 45.7 Å². The zero-order valence-corrected chi connectivity index (χ0v) is 12.1. The van der Waals surface area contributed by atoms with Gasteiger partial charge in [0.15, 0.2) is 0 Å². The lowest BCUT2D eigenvalue weighted by Crippen LogP contribution is -1.89. The molecule has 104 valence electrons. The van der Waals surface area contributed by atoms with Crippen LogP contribution in [0.15, 0.2) is 72.9 Å². The first-order valence-corrected chi connectivity index (χ1v) is 7.68. The smallest absolute Gasteiger partial charge is 0.0533 e. The summed E-state index contributed by atoms with van der Waals surface area (Å²) >= 11 is 0. The Balaban J connectivity index is 1.80. The number of aromatic amines is 1. The van der Waals surface area contributed by atoms with E-state index in [9.17, 15) is 0 Å². The van der Waals surface area contributed by atoms with Gasteiger partial charge in [0.2, 0.25) is 0 Å². The zero-order valence-electron chi connectivity index (χ0n) is 12.1. The Labute approximate surface area is 129 Å². The number of H-pyrrole nitrogens is 1. The van der Waals surface area contributed by atoms with Crippen LogP contribution in [0.3, 0.4) is 0 Å². The number of hydrogen-bond donors (Lipinski definition) is 1. The van der Waals surface area contributed by atoms with Crippen LogP contribution in [-0.2, 0) is 6.42 Å². The van der Waals surface area contributed by atoms with Gasteiger partial charge >= 0.3 is 0 Å². The highest BCUT2D eigenvalue weighted by atomic mass is 14.7. The van der Waals surface area contributed by atoms with E-state index in [0.717, 1.165) is 6.42 Å². The predicted octanol–water partition coefficient (Wildman–Crippen LogP) is 5.41. The molecule has 0 spiro atoms. The van der Waals surface area contributed by atoms with Crippen molar-refractivity contribution in [1.29, 1.82) is 0 Å². The van der Waals surface area contributed by atoms with E-state index in [1.165, 1.54) is 44.3 Å². The number of rotatable bonds is 1. The molecule has 0 bridgehead atoms. The summed E-state index contributed by atoms with van der Waals surface area (Å²) in [5.74, 6) is 0. The summed E-state index contributed by atoms with van der Waals surface area (Å²) in [7, 11) is 0. The van der Waals surface area contributed by atoms with Crippen LogP contribution >= 0.6 is 0 Å². The minimum absolute atomic E-state index is 1.03. The molecule has 1 heteroatoms. The number of aromatic nitrogens is 1. The maximum Gasteiger partial charge on any atom is 0.0533 e. The molecule has 0 amide bonds. The summed E-state index contributed by atoms with van der Waals surface area (Å²) in [6.07, 6.45) is 3.05. The van der Waals surface area contributed by atoms with Crippen molar-refractivity contribution in [2.24, 2.45) is 0 Å². The summed E-state index contributed by atoms with van der Waals surface area (Å²) in [5.41, 5.74) is 9.53. The van der Waals surface area contributed by atoms with Gasteiger partial charge in [-0.1, -0.05) is 60.7 Å². The van der Waals surface area contributed by atoms with Crippen LogP contribution in [0.5, 0.6) is 0 Å². The van der Waals surface area contributed by atoms with Crippen LogP contribution in [0.2, 0.25) is 0 Å². The number of benzene rings is 3. The molecule has 0 saturated carbocycles. The minimum atomic E-state index is 1.03. The predicted molar refractivity (Wildman–Crippen MR) is 92.0 cm³/mol. The van der Waals surface area contributed by atoms with E-state index in [0.29, 0.717) is 0 Å².